The lowest BCUT2D eigenvalue weighted by Gasteiger charge is -2.31. The summed E-state index contributed by atoms with van der Waals surface area (Å²) in [5.74, 6) is -0.224. The highest BCUT2D eigenvalue weighted by Gasteiger charge is 2.29. The SMILES string of the molecule is CC(C)(Cl)CC(C)(C)CCOC(=O)C(C)(C)Br. The standard InChI is InChI=1S/C13H24BrClO2/c1-11(2,9-12(3,4)15)7-8-17-10(16)13(5,6)14/h7-9H2,1-6H3. The van der Waals surface area contributed by atoms with Crippen molar-refractivity contribution in [2.75, 3.05) is 6.61 Å². The van der Waals surface area contributed by atoms with Gasteiger partial charge in [0.25, 0.3) is 0 Å². The number of hydrogen-bond acceptors (Lipinski definition) is 2. The molecule has 0 aliphatic heterocycles. The highest BCUT2D eigenvalue weighted by atomic mass is 79.9. The maximum Gasteiger partial charge on any atom is 0.322 e. The Labute approximate surface area is 119 Å². The van der Waals surface area contributed by atoms with E-state index in [1.165, 1.54) is 0 Å². The molecule has 0 aromatic heterocycles. The topological polar surface area (TPSA) is 26.3 Å². The van der Waals surface area contributed by atoms with Crippen LogP contribution in [0.5, 0.6) is 0 Å². The van der Waals surface area contributed by atoms with Gasteiger partial charge >= 0.3 is 5.97 Å². The maximum atomic E-state index is 11.5. The largest absolute Gasteiger partial charge is 0.465 e. The summed E-state index contributed by atoms with van der Waals surface area (Å²) in [6.45, 7) is 12.3. The smallest absolute Gasteiger partial charge is 0.322 e. The lowest BCUT2D eigenvalue weighted by molar-refractivity contribution is -0.146. The van der Waals surface area contributed by atoms with Gasteiger partial charge in [-0.25, -0.2) is 0 Å². The predicted molar refractivity (Wildman–Crippen MR) is 76.9 cm³/mol. The second kappa shape index (κ2) is 5.92. The first-order valence-corrected chi connectivity index (χ1v) is 7.06. The van der Waals surface area contributed by atoms with Gasteiger partial charge < -0.3 is 4.74 Å². The summed E-state index contributed by atoms with van der Waals surface area (Å²) < 4.78 is 4.62. The molecule has 0 saturated carbocycles. The molecular weight excluding hydrogens is 303 g/mol. The quantitative estimate of drug-likeness (QED) is 0.529. The maximum absolute atomic E-state index is 11.5. The van der Waals surface area contributed by atoms with Crippen molar-refractivity contribution in [3.8, 4) is 0 Å². The fourth-order valence-electron chi connectivity index (χ4n) is 1.82. The normalized spacial score (nSPS) is 13.6. The van der Waals surface area contributed by atoms with Gasteiger partial charge in [-0.3, -0.25) is 4.79 Å². The summed E-state index contributed by atoms with van der Waals surface area (Å²) in [5.41, 5.74) is 0.0714. The lowest BCUT2D eigenvalue weighted by atomic mass is 9.81. The summed E-state index contributed by atoms with van der Waals surface area (Å²) in [6.07, 6.45) is 1.70. The third-order valence-corrected chi connectivity index (χ3v) is 2.85. The Hall–Kier alpha value is 0.240. The molecule has 0 aliphatic rings. The predicted octanol–water partition coefficient (Wildman–Crippen LogP) is 4.53. The molecule has 17 heavy (non-hydrogen) atoms. The fourth-order valence-corrected chi connectivity index (χ4v) is 2.29. The molecule has 0 heterocycles. The number of carbonyl (C=O) groups is 1. The van der Waals surface area contributed by atoms with Crippen LogP contribution < -0.4 is 0 Å². The van der Waals surface area contributed by atoms with Gasteiger partial charge in [0.2, 0.25) is 0 Å². The minimum atomic E-state index is -0.608. The highest BCUT2D eigenvalue weighted by Crippen LogP contribution is 2.34. The molecule has 0 unspecified atom stereocenters. The van der Waals surface area contributed by atoms with Gasteiger partial charge in [0.1, 0.15) is 4.32 Å². The van der Waals surface area contributed by atoms with Crippen LogP contribution in [0.1, 0.15) is 54.4 Å². The highest BCUT2D eigenvalue weighted by molar-refractivity contribution is 9.10. The van der Waals surface area contributed by atoms with Crippen LogP contribution in [0.25, 0.3) is 0 Å². The Morgan fingerprint density at radius 2 is 1.65 bits per heavy atom. The van der Waals surface area contributed by atoms with E-state index in [1.54, 1.807) is 13.8 Å². The molecule has 0 radical (unpaired) electrons. The van der Waals surface area contributed by atoms with Crippen molar-refractivity contribution < 1.29 is 9.53 Å². The van der Waals surface area contributed by atoms with Crippen LogP contribution in [0.3, 0.4) is 0 Å². The molecule has 0 aromatic carbocycles. The van der Waals surface area contributed by atoms with Crippen LogP contribution in [-0.4, -0.2) is 21.8 Å². The van der Waals surface area contributed by atoms with Crippen molar-refractivity contribution in [2.24, 2.45) is 5.41 Å². The van der Waals surface area contributed by atoms with Gasteiger partial charge in [0.15, 0.2) is 0 Å². The van der Waals surface area contributed by atoms with Crippen LogP contribution in [-0.2, 0) is 9.53 Å². The van der Waals surface area contributed by atoms with Crippen LogP contribution >= 0.6 is 27.5 Å². The van der Waals surface area contributed by atoms with Crippen molar-refractivity contribution >= 4 is 33.5 Å². The van der Waals surface area contributed by atoms with Crippen molar-refractivity contribution in [1.82, 2.24) is 0 Å². The second-order valence-electron chi connectivity index (χ2n) is 6.42. The molecule has 0 saturated heterocycles. The Bertz CT molecular complexity index is 262. The minimum absolute atomic E-state index is 0.0714. The van der Waals surface area contributed by atoms with Gasteiger partial charge in [-0.1, -0.05) is 29.8 Å². The van der Waals surface area contributed by atoms with Crippen LogP contribution in [0.2, 0.25) is 0 Å². The zero-order valence-electron chi connectivity index (χ0n) is 11.7. The van der Waals surface area contributed by atoms with Gasteiger partial charge in [0, 0.05) is 4.87 Å². The average molecular weight is 328 g/mol. The Kier molecular flexibility index (Phi) is 6.00. The summed E-state index contributed by atoms with van der Waals surface area (Å²) in [7, 11) is 0. The third-order valence-electron chi connectivity index (χ3n) is 2.40. The number of alkyl halides is 2. The van der Waals surface area contributed by atoms with E-state index >= 15 is 0 Å². The number of rotatable bonds is 6. The molecule has 0 amide bonds. The Balaban J connectivity index is 4.09. The summed E-state index contributed by atoms with van der Waals surface area (Å²) >= 11 is 9.49. The molecule has 0 bridgehead atoms. The lowest BCUT2D eigenvalue weighted by Crippen LogP contribution is -2.29. The third kappa shape index (κ3) is 8.90. The first kappa shape index (κ1) is 17.2. The molecule has 4 heteroatoms. The molecule has 0 aromatic rings. The minimum Gasteiger partial charge on any atom is -0.465 e. The zero-order valence-corrected chi connectivity index (χ0v) is 14.0. The zero-order chi connectivity index (χ0) is 13.9. The average Bonchev–Trinajstić information content (AvgIpc) is 1.96. The van der Waals surface area contributed by atoms with E-state index in [4.69, 9.17) is 16.3 Å². The number of halogens is 2. The van der Waals surface area contributed by atoms with Gasteiger partial charge in [0.05, 0.1) is 6.61 Å². The summed E-state index contributed by atoms with van der Waals surface area (Å²) in [6, 6.07) is 0. The molecular formula is C13H24BrClO2. The first-order valence-electron chi connectivity index (χ1n) is 5.89. The molecule has 0 aliphatic carbocycles. The van der Waals surface area contributed by atoms with Crippen molar-refractivity contribution in [3.05, 3.63) is 0 Å². The Morgan fingerprint density at radius 3 is 2.00 bits per heavy atom. The van der Waals surface area contributed by atoms with Gasteiger partial charge in [-0.15, -0.1) is 11.6 Å². The second-order valence-corrected chi connectivity index (χ2v) is 9.42. The Morgan fingerprint density at radius 1 is 1.18 bits per heavy atom. The van der Waals surface area contributed by atoms with Crippen LogP contribution in [0.15, 0.2) is 0 Å². The number of carbonyl (C=O) groups excluding carboxylic acids is 1. The number of esters is 1. The van der Waals surface area contributed by atoms with Crippen molar-refractivity contribution in [3.63, 3.8) is 0 Å². The number of ether oxygens (including phenoxy) is 1. The van der Waals surface area contributed by atoms with Crippen LogP contribution in [0.4, 0.5) is 0 Å². The first-order chi connectivity index (χ1) is 7.33. The molecule has 0 N–H and O–H groups in total. The fraction of sp³-hybridized carbons (Fsp3) is 0.923. The molecule has 2 nitrogen and oxygen atoms in total. The van der Waals surface area contributed by atoms with Crippen LogP contribution in [0, 0.1) is 5.41 Å². The van der Waals surface area contributed by atoms with E-state index in [0.717, 1.165) is 12.8 Å². The van der Waals surface area contributed by atoms with Crippen molar-refractivity contribution in [2.45, 2.75) is 63.6 Å². The van der Waals surface area contributed by atoms with E-state index < -0.39 is 4.32 Å². The van der Waals surface area contributed by atoms with Crippen molar-refractivity contribution in [1.29, 1.82) is 0 Å². The summed E-state index contributed by atoms with van der Waals surface area (Å²) in [4.78, 5) is 11.3. The monoisotopic (exact) mass is 326 g/mol. The molecule has 0 rings (SSSR count). The van der Waals surface area contributed by atoms with E-state index in [0.29, 0.717) is 6.61 Å². The molecule has 0 spiro atoms. The molecule has 102 valence electrons. The number of hydrogen-bond donors (Lipinski definition) is 0. The van der Waals surface area contributed by atoms with E-state index in [-0.39, 0.29) is 16.3 Å². The van der Waals surface area contributed by atoms with Gasteiger partial charge in [-0.05, 0) is 46.0 Å². The van der Waals surface area contributed by atoms with E-state index in [1.807, 2.05) is 13.8 Å². The molecule has 0 fully saturated rings. The van der Waals surface area contributed by atoms with E-state index in [2.05, 4.69) is 29.8 Å². The molecule has 0 atom stereocenters. The van der Waals surface area contributed by atoms with E-state index in [9.17, 15) is 4.79 Å². The summed E-state index contributed by atoms with van der Waals surface area (Å²) in [5, 5.41) is 0. The van der Waals surface area contributed by atoms with Gasteiger partial charge in [-0.2, -0.15) is 0 Å².